The Bertz CT molecular complexity index is 1230. The fourth-order valence-electron chi connectivity index (χ4n) is 4.08. The third-order valence-corrected chi connectivity index (χ3v) is 5.64. The van der Waals surface area contributed by atoms with E-state index in [0.717, 1.165) is 42.4 Å². The van der Waals surface area contributed by atoms with Crippen LogP contribution < -0.4 is 9.62 Å². The lowest BCUT2D eigenvalue weighted by Gasteiger charge is -2.29. The van der Waals surface area contributed by atoms with Crippen LogP contribution in [0.15, 0.2) is 30.6 Å². The first-order valence-electron chi connectivity index (χ1n) is 9.78. The molecule has 4 aromatic rings. The Morgan fingerprint density at radius 2 is 1.87 bits per heavy atom. The smallest absolute Gasteiger partial charge is 0.182 e. The number of rotatable bonds is 4. The van der Waals surface area contributed by atoms with Crippen molar-refractivity contribution in [1.82, 2.24) is 29.4 Å². The highest BCUT2D eigenvalue weighted by Crippen LogP contribution is 2.37. The number of ether oxygens (including phenoxy) is 1. The summed E-state index contributed by atoms with van der Waals surface area (Å²) in [5.41, 5.74) is 3.39. The molecule has 0 saturated carbocycles. The van der Waals surface area contributed by atoms with Gasteiger partial charge in [0.1, 0.15) is 5.52 Å². The van der Waals surface area contributed by atoms with Crippen LogP contribution in [0.3, 0.4) is 0 Å². The number of benzene rings is 1. The van der Waals surface area contributed by atoms with Gasteiger partial charge in [-0.3, -0.25) is 9.36 Å². The van der Waals surface area contributed by atoms with E-state index in [9.17, 15) is 5.26 Å². The number of fused-ring (bicyclic) bond motifs is 2. The van der Waals surface area contributed by atoms with E-state index >= 15 is 0 Å². The highest BCUT2D eigenvalue weighted by atomic mass is 17.1. The maximum Gasteiger partial charge on any atom is 0.182 e. The average Bonchev–Trinajstić information content (AvgIpc) is 3.34. The molecule has 5 rings (SSSR count). The van der Waals surface area contributed by atoms with Crippen LogP contribution in [0, 0.1) is 0 Å². The van der Waals surface area contributed by atoms with Gasteiger partial charge in [0, 0.05) is 36.3 Å². The lowest BCUT2D eigenvalue weighted by atomic mass is 10.0. The fourth-order valence-corrected chi connectivity index (χ4v) is 4.08. The largest absolute Gasteiger partial charge is 0.494 e. The maximum absolute atomic E-state index is 9.46. The Morgan fingerprint density at radius 3 is 2.60 bits per heavy atom. The first-order valence-corrected chi connectivity index (χ1v) is 9.78. The Balaban J connectivity index is 1.62. The van der Waals surface area contributed by atoms with Crippen molar-refractivity contribution >= 4 is 29.9 Å². The van der Waals surface area contributed by atoms with Crippen LogP contribution in [0.2, 0.25) is 0 Å². The number of hydrogen-bond acceptors (Lipinski definition) is 7. The highest BCUT2D eigenvalue weighted by molar-refractivity contribution is 6.04. The molecule has 1 aromatic carbocycles. The summed E-state index contributed by atoms with van der Waals surface area (Å²) in [6.07, 6.45) is 5.71. The highest BCUT2D eigenvalue weighted by Gasteiger charge is 2.22. The zero-order valence-electron chi connectivity index (χ0n) is 16.8. The van der Waals surface area contributed by atoms with E-state index in [4.69, 9.17) is 22.8 Å². The fraction of sp³-hybridized carbons (Fsp3) is 0.350. The minimum atomic E-state index is 0.273. The molecule has 0 unspecified atom stereocenters. The zero-order valence-corrected chi connectivity index (χ0v) is 16.8. The van der Waals surface area contributed by atoms with Crippen molar-refractivity contribution in [3.8, 4) is 22.8 Å². The molecule has 2 radical (unpaired) electrons. The lowest BCUT2D eigenvalue weighted by Crippen LogP contribution is -2.32. The second-order valence-electron chi connectivity index (χ2n) is 7.62. The van der Waals surface area contributed by atoms with Crippen molar-refractivity contribution in [3.63, 3.8) is 0 Å². The van der Waals surface area contributed by atoms with E-state index in [2.05, 4.69) is 9.99 Å². The number of hydrogen-bond donors (Lipinski definition) is 1. The Morgan fingerprint density at radius 1 is 1.07 bits per heavy atom. The minimum absolute atomic E-state index is 0.273. The molecule has 1 aliphatic rings. The van der Waals surface area contributed by atoms with Gasteiger partial charge < -0.3 is 14.4 Å². The van der Waals surface area contributed by atoms with E-state index in [1.165, 1.54) is 0 Å². The van der Waals surface area contributed by atoms with Gasteiger partial charge in [0.05, 0.1) is 30.6 Å². The van der Waals surface area contributed by atoms with Crippen LogP contribution in [-0.2, 0) is 7.05 Å². The topological polar surface area (TPSA) is 90.5 Å². The number of methoxy groups -OCH3 is 1. The number of nitrogens with zero attached hydrogens (tertiary/aromatic N) is 6. The zero-order chi connectivity index (χ0) is 20.8. The third-order valence-electron chi connectivity index (χ3n) is 5.64. The molecular formula is C20H21BN6O3. The van der Waals surface area contributed by atoms with Crippen molar-refractivity contribution < 1.29 is 14.9 Å². The Hall–Kier alpha value is -3.11. The van der Waals surface area contributed by atoms with Gasteiger partial charge in [0.15, 0.2) is 25.0 Å². The van der Waals surface area contributed by atoms with Crippen LogP contribution in [0.1, 0.15) is 18.9 Å². The molecule has 0 aliphatic carbocycles. The molecule has 4 heterocycles. The summed E-state index contributed by atoms with van der Waals surface area (Å²) in [5.74, 6) is 0.887. The number of pyridine rings is 1. The van der Waals surface area contributed by atoms with Gasteiger partial charge in [-0.25, -0.2) is 10.2 Å². The maximum atomic E-state index is 9.46. The summed E-state index contributed by atoms with van der Waals surface area (Å²) in [7, 11) is 9.33. The van der Waals surface area contributed by atoms with Crippen molar-refractivity contribution in [3.05, 3.63) is 30.6 Å². The molecular weight excluding hydrogens is 383 g/mol. The molecule has 30 heavy (non-hydrogen) atoms. The molecule has 152 valence electrons. The minimum Gasteiger partial charge on any atom is -0.494 e. The number of aryl methyl sites for hydroxylation is 1. The molecule has 0 amide bonds. The summed E-state index contributed by atoms with van der Waals surface area (Å²) in [6, 6.07) is 5.66. The Kier molecular flexibility index (Phi) is 4.60. The first-order chi connectivity index (χ1) is 14.6. The van der Waals surface area contributed by atoms with Gasteiger partial charge in [-0.05, 0) is 32.0 Å². The van der Waals surface area contributed by atoms with Crippen LogP contribution >= 0.6 is 0 Å². The van der Waals surface area contributed by atoms with Gasteiger partial charge in [0.2, 0.25) is 0 Å². The van der Waals surface area contributed by atoms with Crippen LogP contribution in [0.25, 0.3) is 33.2 Å². The number of piperidine rings is 1. The standard InChI is InChI=1S/C20H21BN6O3/c1-25-10-12-7-14(18(30-28)8-15(12)23-25)16-9-19(29-2)20-17(22-16)11-27(24-20)13-3-5-26(21)6-4-13/h7-11,13,28H,3-6H2,1-2H3. The normalized spacial score (nSPS) is 15.8. The second-order valence-corrected chi connectivity index (χ2v) is 7.62. The van der Waals surface area contributed by atoms with Crippen LogP contribution in [-0.4, -0.2) is 62.8 Å². The SMILES string of the molecule is [B]N1CCC(n2cc3nc(-c4cc5cn(C)nc5cc4OO)cc(OC)c3n2)CC1. The van der Waals surface area contributed by atoms with Crippen molar-refractivity contribution in [1.29, 1.82) is 0 Å². The molecule has 1 N–H and O–H groups in total. The van der Waals surface area contributed by atoms with Crippen LogP contribution in [0.5, 0.6) is 11.5 Å². The van der Waals surface area contributed by atoms with E-state index in [-0.39, 0.29) is 11.8 Å². The van der Waals surface area contributed by atoms with Crippen molar-refractivity contribution in [2.45, 2.75) is 18.9 Å². The van der Waals surface area contributed by atoms with Crippen molar-refractivity contribution in [2.75, 3.05) is 20.2 Å². The summed E-state index contributed by atoms with van der Waals surface area (Å²) in [4.78, 5) is 11.3. The second kappa shape index (κ2) is 7.30. The van der Waals surface area contributed by atoms with Gasteiger partial charge in [-0.1, -0.05) is 0 Å². The summed E-state index contributed by atoms with van der Waals surface area (Å²) < 4.78 is 9.28. The van der Waals surface area contributed by atoms with E-state index in [1.807, 2.05) is 41.1 Å². The van der Waals surface area contributed by atoms with E-state index in [1.54, 1.807) is 17.9 Å². The van der Waals surface area contributed by atoms with Crippen LogP contribution in [0.4, 0.5) is 0 Å². The van der Waals surface area contributed by atoms with Gasteiger partial charge in [0.25, 0.3) is 0 Å². The summed E-state index contributed by atoms with van der Waals surface area (Å²) in [5, 5.41) is 19.5. The van der Waals surface area contributed by atoms with Crippen molar-refractivity contribution in [2.24, 2.45) is 7.05 Å². The third kappa shape index (κ3) is 3.18. The molecule has 1 fully saturated rings. The molecule has 1 aliphatic heterocycles. The quantitative estimate of drug-likeness (QED) is 0.318. The Labute approximate surface area is 174 Å². The molecule has 10 heteroatoms. The van der Waals surface area contributed by atoms with E-state index in [0.29, 0.717) is 22.5 Å². The van der Waals surface area contributed by atoms with Gasteiger partial charge in [-0.2, -0.15) is 10.2 Å². The molecule has 0 bridgehead atoms. The molecule has 0 spiro atoms. The molecule has 1 saturated heterocycles. The van der Waals surface area contributed by atoms with Gasteiger partial charge in [-0.15, -0.1) is 0 Å². The predicted octanol–water partition coefficient (Wildman–Crippen LogP) is 2.57. The summed E-state index contributed by atoms with van der Waals surface area (Å²) in [6.45, 7) is 1.66. The summed E-state index contributed by atoms with van der Waals surface area (Å²) >= 11 is 0. The molecule has 3 aromatic heterocycles. The molecule has 9 nitrogen and oxygen atoms in total. The first kappa shape index (κ1) is 18.9. The predicted molar refractivity (Wildman–Crippen MR) is 113 cm³/mol. The average molecular weight is 404 g/mol. The molecule has 0 atom stereocenters. The lowest BCUT2D eigenvalue weighted by molar-refractivity contribution is -0.136. The number of aromatic nitrogens is 5. The van der Waals surface area contributed by atoms with E-state index < -0.39 is 0 Å². The monoisotopic (exact) mass is 404 g/mol. The van der Waals surface area contributed by atoms with Gasteiger partial charge >= 0.3 is 0 Å².